The number of carbonyl (C=O) groups excluding carboxylic acids is 3. The van der Waals surface area contributed by atoms with Gasteiger partial charge in [0.05, 0.1) is 50.6 Å². The summed E-state index contributed by atoms with van der Waals surface area (Å²) in [6.45, 7) is 0. The quantitative estimate of drug-likeness (QED) is 0.0765. The van der Waals surface area contributed by atoms with E-state index in [0.29, 0.717) is 67.6 Å². The van der Waals surface area contributed by atoms with Crippen LogP contribution in [0.2, 0.25) is 0 Å². The van der Waals surface area contributed by atoms with Crippen LogP contribution in [0.25, 0.3) is 43.6 Å². The Balaban J connectivity index is 0.000000170. The highest BCUT2D eigenvalue weighted by atomic mass is 16.6. The molecule has 3 amide bonds. The van der Waals surface area contributed by atoms with E-state index in [-0.39, 0.29) is 17.5 Å². The summed E-state index contributed by atoms with van der Waals surface area (Å²) in [5, 5.41) is 6.21. The van der Waals surface area contributed by atoms with E-state index in [2.05, 4.69) is 36.2 Å². The van der Waals surface area contributed by atoms with Gasteiger partial charge in [0.2, 0.25) is 0 Å². The number of nitrogens with zero attached hydrogens (tertiary/aromatic N) is 2. The zero-order valence-corrected chi connectivity index (χ0v) is 32.9. The molecule has 1 saturated carbocycles. The number of H-pyrrole nitrogens is 2. The maximum Gasteiger partial charge on any atom is 0.278 e. The number of amides is 3. The maximum absolute atomic E-state index is 12.4. The average molecular weight is 810 g/mol. The number of pyridine rings is 2. The van der Waals surface area contributed by atoms with E-state index in [1.807, 2.05) is 54.7 Å². The summed E-state index contributed by atoms with van der Waals surface area (Å²) >= 11 is 0. The Kier molecular flexibility index (Phi) is 11.1. The normalized spacial score (nSPS) is 12.1. The maximum atomic E-state index is 12.4. The van der Waals surface area contributed by atoms with Crippen molar-refractivity contribution in [1.82, 2.24) is 36.2 Å². The van der Waals surface area contributed by atoms with Gasteiger partial charge in [0.15, 0.2) is 0 Å². The molecule has 8 aromatic rings. The topological polar surface area (TPSA) is 200 Å². The van der Waals surface area contributed by atoms with Crippen molar-refractivity contribution in [3.63, 3.8) is 0 Å². The minimum absolute atomic E-state index is 0.105. The molecule has 0 aliphatic heterocycles. The third-order valence-electron chi connectivity index (χ3n) is 9.65. The molecule has 304 valence electrons. The fourth-order valence-electron chi connectivity index (χ4n) is 6.60. The summed E-state index contributed by atoms with van der Waals surface area (Å²) in [6.07, 6.45) is 7.22. The Morgan fingerprint density at radius 1 is 0.600 bits per heavy atom. The Hall–Kier alpha value is -7.69. The van der Waals surface area contributed by atoms with E-state index in [9.17, 15) is 14.4 Å². The first-order valence-corrected chi connectivity index (χ1v) is 18.7. The number of benzene rings is 4. The number of hydroxylamine groups is 2. The molecule has 16 nitrogen and oxygen atoms in total. The van der Waals surface area contributed by atoms with Crippen LogP contribution < -0.4 is 35.2 Å². The number of aromatic nitrogens is 4. The second-order valence-electron chi connectivity index (χ2n) is 13.6. The van der Waals surface area contributed by atoms with Gasteiger partial charge in [0.25, 0.3) is 17.7 Å². The van der Waals surface area contributed by atoms with Crippen molar-refractivity contribution in [3.05, 3.63) is 120 Å². The van der Waals surface area contributed by atoms with E-state index in [0.717, 1.165) is 34.6 Å². The smallest absolute Gasteiger partial charge is 0.278 e. The Bertz CT molecular complexity index is 2900. The van der Waals surface area contributed by atoms with Crippen LogP contribution in [0.4, 0.5) is 0 Å². The van der Waals surface area contributed by atoms with E-state index in [4.69, 9.17) is 28.6 Å². The Morgan fingerprint density at radius 2 is 1.15 bits per heavy atom. The minimum Gasteiger partial charge on any atom is -0.496 e. The van der Waals surface area contributed by atoms with Gasteiger partial charge in [-0.15, -0.1) is 0 Å². The number of aromatic amines is 2. The van der Waals surface area contributed by atoms with Gasteiger partial charge >= 0.3 is 0 Å². The van der Waals surface area contributed by atoms with Crippen molar-refractivity contribution in [2.45, 2.75) is 18.9 Å². The molecule has 0 radical (unpaired) electrons. The van der Waals surface area contributed by atoms with Gasteiger partial charge in [-0.25, -0.2) is 11.0 Å². The molecule has 1 aliphatic carbocycles. The predicted molar refractivity (Wildman–Crippen MR) is 223 cm³/mol. The SMILES string of the molecule is CONC(=O)c1cc2c(Oc3ccc4[nH]c(C(=O)NC5CC5)cc4c3)ccnc2cc1OC.CONC(=O)c1cc2c(Oc3ccc4[nH]ccc4c3)ccnc2cc1OC. The molecule has 0 saturated heterocycles. The van der Waals surface area contributed by atoms with Gasteiger partial charge < -0.3 is 34.2 Å². The summed E-state index contributed by atoms with van der Waals surface area (Å²) < 4.78 is 22.9. The van der Waals surface area contributed by atoms with Crippen LogP contribution >= 0.6 is 0 Å². The molecule has 1 fully saturated rings. The molecule has 4 aromatic heterocycles. The predicted octanol–water partition coefficient (Wildman–Crippen LogP) is 7.51. The van der Waals surface area contributed by atoms with E-state index < -0.39 is 11.8 Å². The van der Waals surface area contributed by atoms with Gasteiger partial charge in [0.1, 0.15) is 40.2 Å². The molecule has 0 atom stereocenters. The van der Waals surface area contributed by atoms with Crippen LogP contribution in [0.5, 0.6) is 34.5 Å². The molecule has 0 spiro atoms. The molecule has 0 unspecified atom stereocenters. The van der Waals surface area contributed by atoms with Crippen LogP contribution in [0, 0.1) is 0 Å². The number of fused-ring (bicyclic) bond motifs is 4. The molecule has 1 aliphatic rings. The second kappa shape index (κ2) is 17.0. The number of ether oxygens (including phenoxy) is 4. The lowest BCUT2D eigenvalue weighted by molar-refractivity contribution is 0.0530. The van der Waals surface area contributed by atoms with E-state index in [1.54, 1.807) is 48.8 Å². The second-order valence-corrected chi connectivity index (χ2v) is 13.6. The van der Waals surface area contributed by atoms with Gasteiger partial charge in [0, 0.05) is 69.3 Å². The molecule has 4 heterocycles. The highest BCUT2D eigenvalue weighted by Crippen LogP contribution is 2.36. The van der Waals surface area contributed by atoms with Gasteiger partial charge in [-0.05, 0) is 85.6 Å². The molecule has 9 rings (SSSR count). The Morgan fingerprint density at radius 3 is 1.68 bits per heavy atom. The number of nitrogens with one attached hydrogen (secondary N) is 5. The fraction of sp³-hybridized carbons (Fsp3) is 0.159. The lowest BCUT2D eigenvalue weighted by atomic mass is 10.1. The highest BCUT2D eigenvalue weighted by Gasteiger charge is 2.25. The lowest BCUT2D eigenvalue weighted by Gasteiger charge is -2.13. The zero-order valence-electron chi connectivity index (χ0n) is 32.9. The number of methoxy groups -OCH3 is 2. The van der Waals surface area contributed by atoms with Crippen LogP contribution in [0.15, 0.2) is 104 Å². The summed E-state index contributed by atoms with van der Waals surface area (Å²) in [4.78, 5) is 61.5. The van der Waals surface area contributed by atoms with Gasteiger partial charge in [-0.1, -0.05) is 0 Å². The lowest BCUT2D eigenvalue weighted by Crippen LogP contribution is -2.25. The Labute approximate surface area is 342 Å². The number of rotatable bonds is 12. The van der Waals surface area contributed by atoms with Crippen LogP contribution in [-0.4, -0.2) is 72.1 Å². The van der Waals surface area contributed by atoms with Crippen molar-refractivity contribution in [2.75, 3.05) is 28.4 Å². The molecular weight excluding hydrogens is 771 g/mol. The first-order chi connectivity index (χ1) is 29.2. The first kappa shape index (κ1) is 39.2. The van der Waals surface area contributed by atoms with Crippen molar-refractivity contribution in [2.24, 2.45) is 0 Å². The minimum atomic E-state index is -0.447. The van der Waals surface area contributed by atoms with Crippen LogP contribution in [0.3, 0.4) is 0 Å². The van der Waals surface area contributed by atoms with Gasteiger partial charge in [-0.3, -0.25) is 34.0 Å². The molecule has 4 aromatic carbocycles. The van der Waals surface area contributed by atoms with E-state index in [1.165, 1.54) is 28.4 Å². The molecular formula is C44H39N7O9. The van der Waals surface area contributed by atoms with Crippen molar-refractivity contribution in [1.29, 1.82) is 0 Å². The molecule has 0 bridgehead atoms. The summed E-state index contributed by atoms with van der Waals surface area (Å²) in [7, 11) is 5.71. The summed E-state index contributed by atoms with van der Waals surface area (Å²) in [5.41, 5.74) is 8.87. The standard InChI is InChI=1S/C24H22N4O5.C20H17N3O4/c1-31-22-12-19-16(11-17(22)23(29)28-32-2)21(7-8-25-19)33-15-5-6-18-13(9-15)10-20(27-18)24(30)26-14-3-4-14;1-25-19-11-17-14(10-15(19)20(24)23-26-2)18(6-8-22-17)27-13-3-4-16-12(9-13)5-7-21-16/h5-12,14,27H,3-4H2,1-2H3,(H,26,30)(H,28,29);3-11,21H,1-2H3,(H,23,24). The molecule has 60 heavy (non-hydrogen) atoms. The van der Waals surface area contributed by atoms with Crippen molar-refractivity contribution < 1.29 is 43.0 Å². The zero-order chi connectivity index (χ0) is 41.8. The third kappa shape index (κ3) is 8.31. The average Bonchev–Trinajstić information content (AvgIpc) is 3.77. The van der Waals surface area contributed by atoms with Crippen molar-refractivity contribution >= 4 is 61.3 Å². The number of hydrogen-bond donors (Lipinski definition) is 5. The third-order valence-corrected chi connectivity index (χ3v) is 9.65. The summed E-state index contributed by atoms with van der Waals surface area (Å²) in [6, 6.07) is 25.6. The fourth-order valence-corrected chi connectivity index (χ4v) is 6.60. The van der Waals surface area contributed by atoms with Gasteiger partial charge in [-0.2, -0.15) is 0 Å². The van der Waals surface area contributed by atoms with Crippen LogP contribution in [-0.2, 0) is 9.68 Å². The number of hydrogen-bond acceptors (Lipinski definition) is 11. The largest absolute Gasteiger partial charge is 0.496 e. The van der Waals surface area contributed by atoms with Crippen LogP contribution in [0.1, 0.15) is 44.0 Å². The summed E-state index contributed by atoms with van der Waals surface area (Å²) in [5.74, 6) is 2.18. The monoisotopic (exact) mass is 809 g/mol. The number of carbonyl (C=O) groups is 3. The molecule has 16 heteroatoms. The first-order valence-electron chi connectivity index (χ1n) is 18.7. The highest BCUT2D eigenvalue weighted by molar-refractivity contribution is 6.03. The van der Waals surface area contributed by atoms with E-state index >= 15 is 0 Å². The van der Waals surface area contributed by atoms with Crippen molar-refractivity contribution in [3.8, 4) is 34.5 Å². The molecule has 5 N–H and O–H groups in total.